The SMILES string of the molecule is CN(C)CC1CN(C(=O)c2ccnnc2)Cc2cncn21. The number of likely N-dealkylation sites (N-methyl/N-ethyl adjacent to an activating group) is 1. The standard InChI is InChI=1S/C14H18N6O/c1-18(2)7-13-9-19(8-12-6-15-10-20(12)13)14(21)11-3-4-16-17-5-11/h3-6,10,13H,7-9H2,1-2H3. The van der Waals surface area contributed by atoms with Gasteiger partial charge in [0, 0.05) is 19.3 Å². The van der Waals surface area contributed by atoms with Gasteiger partial charge in [-0.2, -0.15) is 10.2 Å². The quantitative estimate of drug-likeness (QED) is 0.818. The largest absolute Gasteiger partial charge is 0.331 e. The summed E-state index contributed by atoms with van der Waals surface area (Å²) in [4.78, 5) is 20.8. The number of nitrogens with zero attached hydrogens (tertiary/aromatic N) is 6. The molecular formula is C14H18N6O. The number of carbonyl (C=O) groups excluding carboxylic acids is 1. The van der Waals surface area contributed by atoms with E-state index in [0.29, 0.717) is 18.7 Å². The lowest BCUT2D eigenvalue weighted by atomic mass is 10.1. The van der Waals surface area contributed by atoms with Gasteiger partial charge in [0.1, 0.15) is 0 Å². The summed E-state index contributed by atoms with van der Waals surface area (Å²) in [5, 5.41) is 7.49. The van der Waals surface area contributed by atoms with Crippen LogP contribution in [0.2, 0.25) is 0 Å². The van der Waals surface area contributed by atoms with Gasteiger partial charge in [0.25, 0.3) is 5.91 Å². The number of aromatic nitrogens is 4. The molecule has 1 unspecified atom stereocenters. The van der Waals surface area contributed by atoms with Crippen molar-refractivity contribution in [2.45, 2.75) is 12.6 Å². The molecular weight excluding hydrogens is 268 g/mol. The third kappa shape index (κ3) is 2.78. The molecule has 0 spiro atoms. The molecule has 0 radical (unpaired) electrons. The molecule has 0 saturated heterocycles. The summed E-state index contributed by atoms with van der Waals surface area (Å²) >= 11 is 0. The van der Waals surface area contributed by atoms with Gasteiger partial charge in [-0.15, -0.1) is 0 Å². The van der Waals surface area contributed by atoms with Crippen LogP contribution in [-0.4, -0.2) is 62.6 Å². The van der Waals surface area contributed by atoms with E-state index in [4.69, 9.17) is 0 Å². The second kappa shape index (κ2) is 5.61. The van der Waals surface area contributed by atoms with Crippen molar-refractivity contribution in [1.29, 1.82) is 0 Å². The molecule has 2 aromatic heterocycles. The van der Waals surface area contributed by atoms with E-state index in [1.807, 2.05) is 31.5 Å². The molecule has 110 valence electrons. The van der Waals surface area contributed by atoms with E-state index in [0.717, 1.165) is 12.2 Å². The van der Waals surface area contributed by atoms with Gasteiger partial charge >= 0.3 is 0 Å². The van der Waals surface area contributed by atoms with Crippen LogP contribution in [0.25, 0.3) is 0 Å². The fourth-order valence-corrected chi connectivity index (χ4v) is 2.71. The van der Waals surface area contributed by atoms with Crippen LogP contribution in [0.3, 0.4) is 0 Å². The van der Waals surface area contributed by atoms with E-state index in [-0.39, 0.29) is 11.9 Å². The molecule has 0 bridgehead atoms. The van der Waals surface area contributed by atoms with Crippen molar-refractivity contribution in [2.24, 2.45) is 0 Å². The minimum atomic E-state index is -0.0129. The summed E-state index contributed by atoms with van der Waals surface area (Å²) in [5.41, 5.74) is 1.63. The predicted octanol–water partition coefficient (Wildman–Crippen LogP) is 0.432. The Hall–Kier alpha value is -2.28. The molecule has 0 saturated carbocycles. The Morgan fingerprint density at radius 1 is 1.38 bits per heavy atom. The first-order chi connectivity index (χ1) is 10.1. The van der Waals surface area contributed by atoms with Gasteiger partial charge in [-0.3, -0.25) is 4.79 Å². The van der Waals surface area contributed by atoms with Crippen molar-refractivity contribution in [3.05, 3.63) is 42.2 Å². The summed E-state index contributed by atoms with van der Waals surface area (Å²) < 4.78 is 2.16. The molecule has 7 heteroatoms. The number of amides is 1. The third-order valence-electron chi connectivity index (χ3n) is 3.62. The van der Waals surface area contributed by atoms with Gasteiger partial charge in [-0.25, -0.2) is 4.98 Å². The zero-order valence-corrected chi connectivity index (χ0v) is 12.2. The molecule has 7 nitrogen and oxygen atoms in total. The average molecular weight is 286 g/mol. The molecule has 1 aliphatic heterocycles. The lowest BCUT2D eigenvalue weighted by molar-refractivity contribution is 0.0663. The van der Waals surface area contributed by atoms with Crippen LogP contribution in [0.5, 0.6) is 0 Å². The molecule has 0 N–H and O–H groups in total. The highest BCUT2D eigenvalue weighted by Crippen LogP contribution is 2.22. The van der Waals surface area contributed by atoms with Gasteiger partial charge in [-0.1, -0.05) is 0 Å². The number of carbonyl (C=O) groups is 1. The Morgan fingerprint density at radius 2 is 2.24 bits per heavy atom. The van der Waals surface area contributed by atoms with Crippen LogP contribution in [0.4, 0.5) is 0 Å². The number of rotatable bonds is 3. The molecule has 21 heavy (non-hydrogen) atoms. The smallest absolute Gasteiger partial charge is 0.255 e. The lowest BCUT2D eigenvalue weighted by Crippen LogP contribution is -2.43. The minimum Gasteiger partial charge on any atom is -0.331 e. The molecule has 0 aliphatic carbocycles. The summed E-state index contributed by atoms with van der Waals surface area (Å²) in [6, 6.07) is 1.91. The van der Waals surface area contributed by atoms with Crippen molar-refractivity contribution in [3.8, 4) is 0 Å². The maximum Gasteiger partial charge on any atom is 0.255 e. The van der Waals surface area contributed by atoms with Crippen LogP contribution in [0.15, 0.2) is 31.0 Å². The Balaban J connectivity index is 1.84. The summed E-state index contributed by atoms with van der Waals surface area (Å²) in [6.07, 6.45) is 6.72. The highest BCUT2D eigenvalue weighted by molar-refractivity contribution is 5.93. The number of fused-ring (bicyclic) bond motifs is 1. The number of hydrogen-bond donors (Lipinski definition) is 0. The van der Waals surface area contributed by atoms with Crippen LogP contribution in [0.1, 0.15) is 22.1 Å². The minimum absolute atomic E-state index is 0.0129. The van der Waals surface area contributed by atoms with E-state index in [9.17, 15) is 4.79 Å². The summed E-state index contributed by atoms with van der Waals surface area (Å²) in [6.45, 7) is 2.11. The molecule has 0 fully saturated rings. The zero-order chi connectivity index (χ0) is 14.8. The van der Waals surface area contributed by atoms with Gasteiger partial charge in [0.05, 0.1) is 42.6 Å². The van der Waals surface area contributed by atoms with Crippen LogP contribution in [-0.2, 0) is 6.54 Å². The van der Waals surface area contributed by atoms with E-state index in [1.165, 1.54) is 6.20 Å². The van der Waals surface area contributed by atoms with Crippen LogP contribution < -0.4 is 0 Å². The monoisotopic (exact) mass is 286 g/mol. The van der Waals surface area contributed by atoms with E-state index in [2.05, 4.69) is 24.6 Å². The predicted molar refractivity (Wildman–Crippen MR) is 76.6 cm³/mol. The highest BCUT2D eigenvalue weighted by Gasteiger charge is 2.28. The third-order valence-corrected chi connectivity index (χ3v) is 3.62. The number of imidazole rings is 1. The molecule has 3 heterocycles. The first kappa shape index (κ1) is 13.7. The van der Waals surface area contributed by atoms with Crippen molar-refractivity contribution in [2.75, 3.05) is 27.2 Å². The maximum absolute atomic E-state index is 12.6. The van der Waals surface area contributed by atoms with Crippen molar-refractivity contribution >= 4 is 5.91 Å². The van der Waals surface area contributed by atoms with E-state index in [1.54, 1.807) is 12.3 Å². The Labute approximate surface area is 123 Å². The Kier molecular flexibility index (Phi) is 3.66. The molecule has 1 aliphatic rings. The molecule has 2 aromatic rings. The Morgan fingerprint density at radius 3 is 2.95 bits per heavy atom. The first-order valence-corrected chi connectivity index (χ1v) is 6.86. The summed E-state index contributed by atoms with van der Waals surface area (Å²) in [7, 11) is 4.06. The Bertz CT molecular complexity index is 623. The molecule has 3 rings (SSSR count). The van der Waals surface area contributed by atoms with Gasteiger partial charge < -0.3 is 14.4 Å². The van der Waals surface area contributed by atoms with E-state index < -0.39 is 0 Å². The van der Waals surface area contributed by atoms with Gasteiger partial charge in [0.15, 0.2) is 0 Å². The number of hydrogen-bond acceptors (Lipinski definition) is 5. The molecule has 1 amide bonds. The van der Waals surface area contributed by atoms with Crippen molar-refractivity contribution in [1.82, 2.24) is 29.5 Å². The average Bonchev–Trinajstić information content (AvgIpc) is 2.95. The second-order valence-corrected chi connectivity index (χ2v) is 5.53. The van der Waals surface area contributed by atoms with Crippen molar-refractivity contribution < 1.29 is 4.79 Å². The first-order valence-electron chi connectivity index (χ1n) is 6.86. The van der Waals surface area contributed by atoms with Crippen LogP contribution in [0, 0.1) is 0 Å². The summed E-state index contributed by atoms with van der Waals surface area (Å²) in [5.74, 6) is -0.0129. The second-order valence-electron chi connectivity index (χ2n) is 5.53. The molecule has 1 atom stereocenters. The lowest BCUT2D eigenvalue weighted by Gasteiger charge is -2.35. The molecule has 0 aromatic carbocycles. The van der Waals surface area contributed by atoms with Gasteiger partial charge in [-0.05, 0) is 20.2 Å². The maximum atomic E-state index is 12.6. The normalized spacial score (nSPS) is 17.9. The fourth-order valence-electron chi connectivity index (χ4n) is 2.71. The van der Waals surface area contributed by atoms with E-state index >= 15 is 0 Å². The van der Waals surface area contributed by atoms with Crippen molar-refractivity contribution in [3.63, 3.8) is 0 Å². The van der Waals surface area contributed by atoms with Crippen LogP contribution >= 0.6 is 0 Å². The zero-order valence-electron chi connectivity index (χ0n) is 12.2. The highest BCUT2D eigenvalue weighted by atomic mass is 16.2. The topological polar surface area (TPSA) is 67.2 Å². The fraction of sp³-hybridized carbons (Fsp3) is 0.429. The van der Waals surface area contributed by atoms with Gasteiger partial charge in [0.2, 0.25) is 0 Å².